The standard InChI is InChI=1S/C20H16ClFN4O3/c1-23-19(28)16-6-7-24-17(16)20(29)26-15-4-2-14(3-5-15)25-18(27)11-8-12(21)10-13(22)9-11/h2-10,24H,1H3,(H,23,28)(H,25,27)(H,26,29). The molecule has 0 atom stereocenters. The normalized spacial score (nSPS) is 10.3. The number of carbonyl (C=O) groups is 3. The Labute approximate surface area is 170 Å². The quantitative estimate of drug-likeness (QED) is 0.512. The summed E-state index contributed by atoms with van der Waals surface area (Å²) in [7, 11) is 1.47. The first-order valence-electron chi connectivity index (χ1n) is 8.45. The Kier molecular flexibility index (Phi) is 5.94. The van der Waals surface area contributed by atoms with E-state index in [1.54, 1.807) is 24.3 Å². The third-order valence-corrected chi connectivity index (χ3v) is 4.19. The maximum atomic E-state index is 13.4. The fraction of sp³-hybridized carbons (Fsp3) is 0.0500. The van der Waals surface area contributed by atoms with Crippen LogP contribution in [0.2, 0.25) is 5.02 Å². The van der Waals surface area contributed by atoms with Gasteiger partial charge in [0, 0.05) is 35.2 Å². The summed E-state index contributed by atoms with van der Waals surface area (Å²) < 4.78 is 13.4. The number of aromatic nitrogens is 1. The molecule has 9 heteroatoms. The van der Waals surface area contributed by atoms with Gasteiger partial charge in [-0.2, -0.15) is 0 Å². The van der Waals surface area contributed by atoms with Crippen molar-refractivity contribution in [2.75, 3.05) is 17.7 Å². The Morgan fingerprint density at radius 2 is 1.52 bits per heavy atom. The molecule has 29 heavy (non-hydrogen) atoms. The summed E-state index contributed by atoms with van der Waals surface area (Å²) in [6, 6.07) is 11.3. The summed E-state index contributed by atoms with van der Waals surface area (Å²) in [6.07, 6.45) is 1.50. The van der Waals surface area contributed by atoms with Crippen molar-refractivity contribution in [3.63, 3.8) is 0 Å². The third-order valence-electron chi connectivity index (χ3n) is 3.97. The molecule has 0 spiro atoms. The van der Waals surface area contributed by atoms with Gasteiger partial charge in [-0.1, -0.05) is 11.6 Å². The first-order valence-corrected chi connectivity index (χ1v) is 8.83. The van der Waals surface area contributed by atoms with Crippen LogP contribution >= 0.6 is 11.6 Å². The zero-order valence-electron chi connectivity index (χ0n) is 15.2. The van der Waals surface area contributed by atoms with Crippen LogP contribution in [0.1, 0.15) is 31.2 Å². The SMILES string of the molecule is CNC(=O)c1cc[nH]c1C(=O)Nc1ccc(NC(=O)c2cc(F)cc(Cl)c2)cc1. The highest BCUT2D eigenvalue weighted by atomic mass is 35.5. The van der Waals surface area contributed by atoms with Crippen LogP contribution < -0.4 is 16.0 Å². The molecule has 0 saturated carbocycles. The van der Waals surface area contributed by atoms with Crippen LogP contribution in [0.4, 0.5) is 15.8 Å². The van der Waals surface area contributed by atoms with E-state index in [0.717, 1.165) is 12.1 Å². The Balaban J connectivity index is 1.67. The third kappa shape index (κ3) is 4.80. The van der Waals surface area contributed by atoms with Gasteiger partial charge in [0.05, 0.1) is 5.56 Å². The molecule has 0 fully saturated rings. The van der Waals surface area contributed by atoms with Gasteiger partial charge in [-0.05, 0) is 48.5 Å². The molecule has 1 aromatic heterocycles. The van der Waals surface area contributed by atoms with E-state index in [-0.39, 0.29) is 27.8 Å². The van der Waals surface area contributed by atoms with Crippen molar-refractivity contribution < 1.29 is 18.8 Å². The van der Waals surface area contributed by atoms with Crippen LogP contribution in [0, 0.1) is 5.82 Å². The summed E-state index contributed by atoms with van der Waals surface area (Å²) in [5.74, 6) is -2.00. The highest BCUT2D eigenvalue weighted by Crippen LogP contribution is 2.18. The van der Waals surface area contributed by atoms with Gasteiger partial charge in [0.2, 0.25) is 0 Å². The van der Waals surface area contributed by atoms with Gasteiger partial charge in [-0.3, -0.25) is 14.4 Å². The van der Waals surface area contributed by atoms with E-state index in [1.165, 1.54) is 25.4 Å². The maximum Gasteiger partial charge on any atom is 0.272 e. The first kappa shape index (κ1) is 20.1. The van der Waals surface area contributed by atoms with Gasteiger partial charge in [-0.25, -0.2) is 4.39 Å². The molecule has 2 aromatic carbocycles. The minimum absolute atomic E-state index is 0.0841. The van der Waals surface area contributed by atoms with Gasteiger partial charge >= 0.3 is 0 Å². The molecule has 148 valence electrons. The van der Waals surface area contributed by atoms with Gasteiger partial charge in [0.25, 0.3) is 17.7 Å². The molecule has 4 N–H and O–H groups in total. The number of nitrogens with one attached hydrogen (secondary N) is 4. The second-order valence-electron chi connectivity index (χ2n) is 5.99. The Bertz CT molecular complexity index is 1060. The number of H-pyrrole nitrogens is 1. The Hall–Kier alpha value is -3.65. The molecule has 0 aliphatic heterocycles. The average molecular weight is 415 g/mol. The summed E-state index contributed by atoms with van der Waals surface area (Å²) in [5, 5.41) is 7.86. The van der Waals surface area contributed by atoms with Gasteiger partial charge in [-0.15, -0.1) is 0 Å². The van der Waals surface area contributed by atoms with E-state index in [4.69, 9.17) is 11.6 Å². The lowest BCUT2D eigenvalue weighted by atomic mass is 10.2. The van der Waals surface area contributed by atoms with Crippen LogP contribution in [0.3, 0.4) is 0 Å². The lowest BCUT2D eigenvalue weighted by molar-refractivity contribution is 0.0947. The Morgan fingerprint density at radius 3 is 2.10 bits per heavy atom. The summed E-state index contributed by atoms with van der Waals surface area (Å²) in [5.41, 5.74) is 1.34. The highest BCUT2D eigenvalue weighted by molar-refractivity contribution is 6.31. The predicted octanol–water partition coefficient (Wildman–Crippen LogP) is 3.67. The van der Waals surface area contributed by atoms with Crippen LogP contribution in [0.25, 0.3) is 0 Å². The van der Waals surface area contributed by atoms with Crippen LogP contribution in [-0.4, -0.2) is 29.8 Å². The molecule has 0 saturated heterocycles. The van der Waals surface area contributed by atoms with Crippen molar-refractivity contribution in [2.24, 2.45) is 0 Å². The largest absolute Gasteiger partial charge is 0.357 e. The van der Waals surface area contributed by atoms with Crippen molar-refractivity contribution in [1.29, 1.82) is 0 Å². The number of carbonyl (C=O) groups excluding carboxylic acids is 3. The number of aromatic amines is 1. The topological polar surface area (TPSA) is 103 Å². The number of rotatable bonds is 5. The van der Waals surface area contributed by atoms with Crippen molar-refractivity contribution in [3.05, 3.63) is 82.4 Å². The van der Waals surface area contributed by atoms with Crippen molar-refractivity contribution >= 4 is 40.7 Å². The number of anilines is 2. The fourth-order valence-electron chi connectivity index (χ4n) is 2.60. The zero-order chi connectivity index (χ0) is 21.0. The average Bonchev–Trinajstić information content (AvgIpc) is 3.18. The summed E-state index contributed by atoms with van der Waals surface area (Å²) >= 11 is 5.76. The molecule has 0 radical (unpaired) electrons. The molecule has 7 nitrogen and oxygen atoms in total. The first-order chi connectivity index (χ1) is 13.9. The summed E-state index contributed by atoms with van der Waals surface area (Å²) in [6.45, 7) is 0. The van der Waals surface area contributed by atoms with E-state index in [1.807, 2.05) is 0 Å². The van der Waals surface area contributed by atoms with Crippen molar-refractivity contribution in [1.82, 2.24) is 10.3 Å². The predicted molar refractivity (Wildman–Crippen MR) is 108 cm³/mol. The summed E-state index contributed by atoms with van der Waals surface area (Å²) in [4.78, 5) is 39.1. The minimum Gasteiger partial charge on any atom is -0.357 e. The molecule has 0 bridgehead atoms. The monoisotopic (exact) mass is 414 g/mol. The molecule has 0 unspecified atom stereocenters. The van der Waals surface area contributed by atoms with Crippen LogP contribution in [-0.2, 0) is 0 Å². The van der Waals surface area contributed by atoms with Crippen molar-refractivity contribution in [3.8, 4) is 0 Å². The molecule has 0 aliphatic rings. The molecule has 3 amide bonds. The molecule has 3 aromatic rings. The minimum atomic E-state index is -0.610. The van der Waals surface area contributed by atoms with Crippen LogP contribution in [0.15, 0.2) is 54.7 Å². The lowest BCUT2D eigenvalue weighted by Gasteiger charge is -2.09. The maximum absolute atomic E-state index is 13.4. The number of halogens is 2. The van der Waals surface area contributed by atoms with Gasteiger partial charge in [0.1, 0.15) is 11.5 Å². The van der Waals surface area contributed by atoms with Gasteiger partial charge in [0.15, 0.2) is 0 Å². The highest BCUT2D eigenvalue weighted by Gasteiger charge is 2.17. The van der Waals surface area contributed by atoms with E-state index in [0.29, 0.717) is 11.4 Å². The molecule has 3 rings (SSSR count). The smallest absolute Gasteiger partial charge is 0.272 e. The van der Waals surface area contributed by atoms with Crippen LogP contribution in [0.5, 0.6) is 0 Å². The molecule has 1 heterocycles. The van der Waals surface area contributed by atoms with E-state index in [9.17, 15) is 18.8 Å². The van der Waals surface area contributed by atoms with E-state index < -0.39 is 17.6 Å². The number of hydrogen-bond acceptors (Lipinski definition) is 3. The second kappa shape index (κ2) is 8.57. The molecular formula is C20H16ClFN4O3. The molecular weight excluding hydrogens is 399 g/mol. The number of hydrogen-bond donors (Lipinski definition) is 4. The number of amides is 3. The Morgan fingerprint density at radius 1 is 0.897 bits per heavy atom. The molecule has 0 aliphatic carbocycles. The van der Waals surface area contributed by atoms with E-state index in [2.05, 4.69) is 20.9 Å². The lowest BCUT2D eigenvalue weighted by Crippen LogP contribution is -2.22. The fourth-order valence-corrected chi connectivity index (χ4v) is 2.82. The zero-order valence-corrected chi connectivity index (χ0v) is 15.9. The van der Waals surface area contributed by atoms with Gasteiger partial charge < -0.3 is 20.9 Å². The van der Waals surface area contributed by atoms with Crippen molar-refractivity contribution in [2.45, 2.75) is 0 Å². The second-order valence-corrected chi connectivity index (χ2v) is 6.43. The number of benzene rings is 2. The van der Waals surface area contributed by atoms with E-state index >= 15 is 0 Å².